The number of aryl methyl sites for hydroxylation is 1. The van der Waals surface area contributed by atoms with E-state index in [2.05, 4.69) is 4.98 Å². The summed E-state index contributed by atoms with van der Waals surface area (Å²) in [5, 5.41) is 30.4. The van der Waals surface area contributed by atoms with Gasteiger partial charge in [-0.1, -0.05) is 11.6 Å². The number of nitrogens with one attached hydrogen (secondary N) is 1. The number of hydrogen-bond acceptors (Lipinski definition) is 3. The van der Waals surface area contributed by atoms with Crippen LogP contribution in [0.5, 0.6) is 17.2 Å². The topological polar surface area (TPSA) is 76.5 Å². The predicted octanol–water partition coefficient (Wildman–Crippen LogP) is 2.75. The van der Waals surface area contributed by atoms with Crippen LogP contribution in [0, 0.1) is 6.92 Å². The molecule has 0 spiro atoms. The minimum atomic E-state index is -0.335. The number of aromatic nitrogens is 1. The first kappa shape index (κ1) is 9.84. The Morgan fingerprint density at radius 2 is 1.76 bits per heavy atom. The molecule has 0 saturated carbocycles. The van der Waals surface area contributed by atoms with Crippen LogP contribution in [0.1, 0.15) is 5.56 Å². The van der Waals surface area contributed by atoms with Crippen molar-refractivity contribution in [3.05, 3.63) is 29.8 Å². The normalized spacial score (nSPS) is 11.4. The molecule has 0 saturated heterocycles. The molecule has 17 heavy (non-hydrogen) atoms. The Hall–Kier alpha value is -2.36. The maximum atomic E-state index is 9.86. The van der Waals surface area contributed by atoms with Crippen LogP contribution in [-0.2, 0) is 0 Å². The van der Waals surface area contributed by atoms with Crippen LogP contribution in [0.25, 0.3) is 21.8 Å². The third-order valence-electron chi connectivity index (χ3n) is 2.96. The zero-order chi connectivity index (χ0) is 12.2. The fourth-order valence-electron chi connectivity index (χ4n) is 2.15. The molecule has 86 valence electrons. The highest BCUT2D eigenvalue weighted by Crippen LogP contribution is 2.42. The highest BCUT2D eigenvalue weighted by atomic mass is 16.3. The monoisotopic (exact) mass is 229 g/mol. The molecule has 0 aliphatic heterocycles. The van der Waals surface area contributed by atoms with Crippen molar-refractivity contribution in [3.63, 3.8) is 0 Å². The van der Waals surface area contributed by atoms with Crippen molar-refractivity contribution in [1.82, 2.24) is 4.98 Å². The Morgan fingerprint density at radius 1 is 1.00 bits per heavy atom. The Morgan fingerprint density at radius 3 is 2.53 bits per heavy atom. The van der Waals surface area contributed by atoms with E-state index in [1.54, 1.807) is 0 Å². The number of fused-ring (bicyclic) bond motifs is 3. The summed E-state index contributed by atoms with van der Waals surface area (Å²) >= 11 is 0. The van der Waals surface area contributed by atoms with Crippen LogP contribution in [0.4, 0.5) is 0 Å². The summed E-state index contributed by atoms with van der Waals surface area (Å²) in [6.45, 7) is 1.95. The standard InChI is InChI=1S/C13H11NO3/c1-6-2-3-8-7(4-6)11-9(15)5-10(16)13(17)12(11)14-8/h2-5,14-17H,1H3. The van der Waals surface area contributed by atoms with E-state index in [0.717, 1.165) is 22.5 Å². The molecule has 3 rings (SSSR count). The van der Waals surface area contributed by atoms with Crippen LogP contribution < -0.4 is 0 Å². The molecule has 4 nitrogen and oxygen atoms in total. The lowest BCUT2D eigenvalue weighted by molar-refractivity contribution is 0.402. The highest BCUT2D eigenvalue weighted by Gasteiger charge is 2.15. The maximum Gasteiger partial charge on any atom is 0.182 e. The third kappa shape index (κ3) is 1.24. The second-order valence-corrected chi connectivity index (χ2v) is 4.19. The van der Waals surface area contributed by atoms with Crippen molar-refractivity contribution in [2.45, 2.75) is 6.92 Å². The third-order valence-corrected chi connectivity index (χ3v) is 2.96. The summed E-state index contributed by atoms with van der Waals surface area (Å²) in [5.74, 6) is -0.628. The Bertz CT molecular complexity index is 743. The number of benzene rings is 2. The number of aromatic amines is 1. The van der Waals surface area contributed by atoms with E-state index in [-0.39, 0.29) is 17.2 Å². The lowest BCUT2D eigenvalue weighted by Crippen LogP contribution is -1.74. The molecule has 3 aromatic rings. The Kier molecular flexibility index (Phi) is 1.78. The van der Waals surface area contributed by atoms with E-state index in [4.69, 9.17) is 0 Å². The van der Waals surface area contributed by atoms with E-state index in [1.807, 2.05) is 25.1 Å². The summed E-state index contributed by atoms with van der Waals surface area (Å²) < 4.78 is 0. The summed E-state index contributed by atoms with van der Waals surface area (Å²) in [5.41, 5.74) is 2.22. The van der Waals surface area contributed by atoms with Crippen LogP contribution in [0.15, 0.2) is 24.3 Å². The van der Waals surface area contributed by atoms with Crippen molar-refractivity contribution in [3.8, 4) is 17.2 Å². The van der Waals surface area contributed by atoms with Gasteiger partial charge in [-0.2, -0.15) is 0 Å². The average molecular weight is 229 g/mol. The zero-order valence-corrected chi connectivity index (χ0v) is 9.15. The van der Waals surface area contributed by atoms with Gasteiger partial charge in [-0.3, -0.25) is 0 Å². The number of phenols is 3. The van der Waals surface area contributed by atoms with Gasteiger partial charge in [0.05, 0.1) is 10.9 Å². The fraction of sp³-hybridized carbons (Fsp3) is 0.0769. The molecular formula is C13H11NO3. The van der Waals surface area contributed by atoms with Gasteiger partial charge in [-0.15, -0.1) is 0 Å². The van der Waals surface area contributed by atoms with E-state index < -0.39 is 0 Å². The van der Waals surface area contributed by atoms with Crippen LogP contribution in [0.3, 0.4) is 0 Å². The van der Waals surface area contributed by atoms with Crippen molar-refractivity contribution >= 4 is 21.8 Å². The first-order valence-electron chi connectivity index (χ1n) is 5.24. The molecule has 2 aromatic carbocycles. The second-order valence-electron chi connectivity index (χ2n) is 4.19. The first-order chi connectivity index (χ1) is 8.08. The van der Waals surface area contributed by atoms with Crippen LogP contribution in [0.2, 0.25) is 0 Å². The Labute approximate surface area is 96.8 Å². The summed E-state index contributed by atoms with van der Waals surface area (Å²) in [7, 11) is 0. The average Bonchev–Trinajstić information content (AvgIpc) is 2.65. The van der Waals surface area contributed by atoms with Crippen molar-refractivity contribution in [2.24, 2.45) is 0 Å². The minimum absolute atomic E-state index is 0.0489. The van der Waals surface area contributed by atoms with E-state index >= 15 is 0 Å². The van der Waals surface area contributed by atoms with Gasteiger partial charge in [0.1, 0.15) is 5.75 Å². The molecule has 0 bridgehead atoms. The lowest BCUT2D eigenvalue weighted by atomic mass is 10.1. The molecule has 4 heteroatoms. The van der Waals surface area contributed by atoms with E-state index in [1.165, 1.54) is 0 Å². The number of hydrogen-bond donors (Lipinski definition) is 4. The number of H-pyrrole nitrogens is 1. The molecule has 0 fully saturated rings. The predicted molar refractivity (Wildman–Crippen MR) is 65.5 cm³/mol. The highest BCUT2D eigenvalue weighted by molar-refractivity contribution is 6.13. The Balaban J connectivity index is 2.61. The van der Waals surface area contributed by atoms with Gasteiger partial charge < -0.3 is 20.3 Å². The largest absolute Gasteiger partial charge is 0.507 e. The summed E-state index contributed by atoms with van der Waals surface area (Å²) in [4.78, 5) is 2.99. The maximum absolute atomic E-state index is 9.86. The molecule has 1 heterocycles. The van der Waals surface area contributed by atoms with Gasteiger partial charge in [0.2, 0.25) is 0 Å². The second kappa shape index (κ2) is 3.07. The van der Waals surface area contributed by atoms with E-state index in [9.17, 15) is 15.3 Å². The quantitative estimate of drug-likeness (QED) is 0.353. The van der Waals surface area contributed by atoms with Crippen molar-refractivity contribution in [1.29, 1.82) is 0 Å². The van der Waals surface area contributed by atoms with Crippen molar-refractivity contribution in [2.75, 3.05) is 0 Å². The molecule has 0 radical (unpaired) electrons. The molecule has 0 unspecified atom stereocenters. The molecular weight excluding hydrogens is 218 g/mol. The number of phenolic OH excluding ortho intramolecular Hbond substituents is 3. The molecule has 0 aliphatic rings. The number of aromatic hydroxyl groups is 3. The number of rotatable bonds is 0. The minimum Gasteiger partial charge on any atom is -0.507 e. The van der Waals surface area contributed by atoms with Gasteiger partial charge >= 0.3 is 0 Å². The van der Waals surface area contributed by atoms with Gasteiger partial charge in [0.15, 0.2) is 11.5 Å². The van der Waals surface area contributed by atoms with Gasteiger partial charge in [0, 0.05) is 17.0 Å². The molecule has 0 aliphatic carbocycles. The van der Waals surface area contributed by atoms with Gasteiger partial charge in [0.25, 0.3) is 0 Å². The lowest BCUT2D eigenvalue weighted by Gasteiger charge is -2.01. The van der Waals surface area contributed by atoms with Crippen molar-refractivity contribution < 1.29 is 15.3 Å². The summed E-state index contributed by atoms with van der Waals surface area (Å²) in [6, 6.07) is 6.88. The van der Waals surface area contributed by atoms with Gasteiger partial charge in [-0.25, -0.2) is 0 Å². The fourth-order valence-corrected chi connectivity index (χ4v) is 2.15. The smallest absolute Gasteiger partial charge is 0.182 e. The van der Waals surface area contributed by atoms with Gasteiger partial charge in [-0.05, 0) is 19.1 Å². The SMILES string of the molecule is Cc1ccc2[nH]c3c(O)c(O)cc(O)c3c2c1. The first-order valence-corrected chi connectivity index (χ1v) is 5.24. The van der Waals surface area contributed by atoms with Crippen LogP contribution in [-0.4, -0.2) is 20.3 Å². The molecule has 0 amide bonds. The molecule has 0 atom stereocenters. The summed E-state index contributed by atoms with van der Waals surface area (Å²) in [6.07, 6.45) is 0. The molecule has 4 N–H and O–H groups in total. The van der Waals surface area contributed by atoms with Crippen LogP contribution >= 0.6 is 0 Å². The zero-order valence-electron chi connectivity index (χ0n) is 9.15. The molecule has 1 aromatic heterocycles. The van der Waals surface area contributed by atoms with E-state index in [0.29, 0.717) is 10.9 Å².